The summed E-state index contributed by atoms with van der Waals surface area (Å²) in [5.41, 5.74) is 3.35. The van der Waals surface area contributed by atoms with E-state index in [1.807, 2.05) is 48.9 Å². The van der Waals surface area contributed by atoms with E-state index < -0.39 is 10.0 Å². The fourth-order valence-electron chi connectivity index (χ4n) is 2.94. The van der Waals surface area contributed by atoms with E-state index in [2.05, 4.69) is 0 Å². The molecular weight excluding hydrogens is 453 g/mol. The summed E-state index contributed by atoms with van der Waals surface area (Å²) in [5.74, 6) is 0. The van der Waals surface area contributed by atoms with Crippen LogP contribution in [0.15, 0.2) is 69.3 Å². The number of rotatable bonds is 5. The molecule has 3 aromatic carbocycles. The molecule has 0 saturated heterocycles. The lowest BCUT2D eigenvalue weighted by Gasteiger charge is -2.17. The third-order valence-electron chi connectivity index (χ3n) is 4.22. The van der Waals surface area contributed by atoms with E-state index in [4.69, 9.17) is 28.3 Å². The number of thioether (sulfide) groups is 2. The molecule has 28 heavy (non-hydrogen) atoms. The maximum atomic E-state index is 12.0. The van der Waals surface area contributed by atoms with Gasteiger partial charge in [0.1, 0.15) is 0 Å². The average Bonchev–Trinajstić information content (AvgIpc) is 2.66. The summed E-state index contributed by atoms with van der Waals surface area (Å²) >= 11 is 15.7. The molecule has 0 heterocycles. The molecule has 0 aliphatic rings. The van der Waals surface area contributed by atoms with Crippen LogP contribution in [0.3, 0.4) is 0 Å². The first-order valence-corrected chi connectivity index (χ1v) is 12.8. The van der Waals surface area contributed by atoms with E-state index in [1.165, 1.54) is 6.07 Å². The van der Waals surface area contributed by atoms with Crippen LogP contribution < -0.4 is 5.14 Å². The zero-order valence-electron chi connectivity index (χ0n) is 15.1. The van der Waals surface area contributed by atoms with Crippen molar-refractivity contribution in [3.8, 4) is 22.3 Å². The van der Waals surface area contributed by atoms with Crippen LogP contribution in [0.4, 0.5) is 0 Å². The second kappa shape index (κ2) is 8.69. The zero-order valence-corrected chi connectivity index (χ0v) is 19.0. The maximum Gasteiger partial charge on any atom is 0.238 e. The van der Waals surface area contributed by atoms with Gasteiger partial charge >= 0.3 is 0 Å². The molecule has 0 atom stereocenters. The summed E-state index contributed by atoms with van der Waals surface area (Å²) in [4.78, 5) is 2.05. The van der Waals surface area contributed by atoms with Gasteiger partial charge in [-0.25, -0.2) is 13.6 Å². The SMILES string of the molecule is CSc1ccc(Cl)cc1-c1ccc(S(N)(=O)=O)cc1-c1cc(Cl)ccc1SC. The molecular formula is C20H17Cl2NO2S3. The highest BCUT2D eigenvalue weighted by molar-refractivity contribution is 7.99. The topological polar surface area (TPSA) is 60.2 Å². The van der Waals surface area contributed by atoms with E-state index in [9.17, 15) is 8.42 Å². The molecule has 0 radical (unpaired) electrons. The average molecular weight is 470 g/mol. The van der Waals surface area contributed by atoms with Crippen molar-refractivity contribution in [3.05, 3.63) is 64.6 Å². The normalized spacial score (nSPS) is 11.6. The predicted octanol–water partition coefficient (Wildman–Crippen LogP) is 6.42. The van der Waals surface area contributed by atoms with E-state index in [0.29, 0.717) is 10.0 Å². The van der Waals surface area contributed by atoms with Crippen LogP contribution in [0.25, 0.3) is 22.3 Å². The lowest BCUT2D eigenvalue weighted by Crippen LogP contribution is -2.12. The molecule has 0 fully saturated rings. The highest BCUT2D eigenvalue weighted by Crippen LogP contribution is 2.42. The summed E-state index contributed by atoms with van der Waals surface area (Å²) in [6.07, 6.45) is 3.94. The largest absolute Gasteiger partial charge is 0.238 e. The van der Waals surface area contributed by atoms with Gasteiger partial charge in [-0.3, -0.25) is 0 Å². The maximum absolute atomic E-state index is 12.0. The predicted molar refractivity (Wildman–Crippen MR) is 122 cm³/mol. The number of nitrogens with two attached hydrogens (primary N) is 1. The third-order valence-corrected chi connectivity index (χ3v) is 7.20. The third kappa shape index (κ3) is 4.53. The van der Waals surface area contributed by atoms with Crippen molar-refractivity contribution in [1.82, 2.24) is 0 Å². The van der Waals surface area contributed by atoms with E-state index in [-0.39, 0.29) is 4.90 Å². The van der Waals surface area contributed by atoms with E-state index in [1.54, 1.807) is 35.7 Å². The molecule has 0 bridgehead atoms. The Kier molecular flexibility index (Phi) is 6.69. The van der Waals surface area contributed by atoms with E-state index >= 15 is 0 Å². The molecule has 0 aromatic heterocycles. The highest BCUT2D eigenvalue weighted by atomic mass is 35.5. The first kappa shape index (κ1) is 21.6. The molecule has 3 nitrogen and oxygen atoms in total. The summed E-state index contributed by atoms with van der Waals surface area (Å²) < 4.78 is 24.0. The first-order chi connectivity index (χ1) is 13.2. The Morgan fingerprint density at radius 1 is 0.714 bits per heavy atom. The summed E-state index contributed by atoms with van der Waals surface area (Å²) in [7, 11) is -3.86. The molecule has 8 heteroatoms. The Bertz CT molecular complexity index is 1150. The molecule has 0 spiro atoms. The monoisotopic (exact) mass is 469 g/mol. The minimum absolute atomic E-state index is 0.0472. The lowest BCUT2D eigenvalue weighted by atomic mass is 9.94. The van der Waals surface area contributed by atoms with Crippen LogP contribution in [0.5, 0.6) is 0 Å². The zero-order chi connectivity index (χ0) is 20.5. The lowest BCUT2D eigenvalue weighted by molar-refractivity contribution is 0.598. The van der Waals surface area contributed by atoms with E-state index in [0.717, 1.165) is 32.0 Å². The minimum atomic E-state index is -3.86. The Labute approximate surface area is 183 Å². The van der Waals surface area contributed by atoms with Crippen molar-refractivity contribution in [2.24, 2.45) is 5.14 Å². The smallest absolute Gasteiger partial charge is 0.225 e. The number of benzene rings is 3. The summed E-state index contributed by atoms with van der Waals surface area (Å²) in [6, 6.07) is 16.1. The number of hydrogen-bond acceptors (Lipinski definition) is 4. The Balaban J connectivity index is 2.40. The highest BCUT2D eigenvalue weighted by Gasteiger charge is 2.18. The van der Waals surface area contributed by atoms with Gasteiger partial charge in [-0.2, -0.15) is 0 Å². The van der Waals surface area contributed by atoms with Crippen LogP contribution in [-0.4, -0.2) is 20.9 Å². The van der Waals surface area contributed by atoms with Crippen molar-refractivity contribution in [2.45, 2.75) is 14.7 Å². The molecule has 0 amide bonds. The van der Waals surface area contributed by atoms with Crippen molar-refractivity contribution in [3.63, 3.8) is 0 Å². The van der Waals surface area contributed by atoms with Crippen LogP contribution in [0, 0.1) is 0 Å². The number of sulfonamides is 1. The molecule has 3 aromatic rings. The van der Waals surface area contributed by atoms with Crippen molar-refractivity contribution < 1.29 is 8.42 Å². The van der Waals surface area contributed by atoms with Crippen LogP contribution in [-0.2, 0) is 10.0 Å². The standard InChI is InChI=1S/C20H17Cl2NO2S3/c1-26-19-7-3-12(21)9-17(19)15-6-5-14(28(23,24)25)11-16(15)18-10-13(22)4-8-20(18)27-2/h3-11H,1-2H3,(H2,23,24,25). The summed E-state index contributed by atoms with van der Waals surface area (Å²) in [5, 5.41) is 6.56. The molecule has 0 aliphatic heterocycles. The van der Waals surface area contributed by atoms with Crippen molar-refractivity contribution >= 4 is 56.7 Å². The minimum Gasteiger partial charge on any atom is -0.225 e. The molecule has 3 rings (SSSR count). The second-order valence-electron chi connectivity index (χ2n) is 5.94. The molecule has 146 valence electrons. The Morgan fingerprint density at radius 3 is 1.68 bits per heavy atom. The van der Waals surface area contributed by atoms with Gasteiger partial charge in [-0.1, -0.05) is 29.3 Å². The fraction of sp³-hybridized carbons (Fsp3) is 0.100. The summed E-state index contributed by atoms with van der Waals surface area (Å²) in [6.45, 7) is 0. The van der Waals surface area contributed by atoms with Gasteiger partial charge in [0.15, 0.2) is 0 Å². The Morgan fingerprint density at radius 2 is 1.21 bits per heavy atom. The number of halogens is 2. The van der Waals surface area contributed by atoms with Gasteiger partial charge in [0.25, 0.3) is 0 Å². The van der Waals surface area contributed by atoms with Gasteiger partial charge in [-0.05, 0) is 83.3 Å². The molecule has 2 N–H and O–H groups in total. The number of hydrogen-bond donors (Lipinski definition) is 1. The molecule has 0 unspecified atom stereocenters. The van der Waals surface area contributed by atoms with Gasteiger partial charge in [0.05, 0.1) is 4.90 Å². The van der Waals surface area contributed by atoms with Crippen LogP contribution >= 0.6 is 46.7 Å². The van der Waals surface area contributed by atoms with Crippen molar-refractivity contribution in [1.29, 1.82) is 0 Å². The molecule has 0 aliphatic carbocycles. The molecule has 0 saturated carbocycles. The van der Waals surface area contributed by atoms with Gasteiger partial charge in [-0.15, -0.1) is 23.5 Å². The van der Waals surface area contributed by atoms with Gasteiger partial charge in [0, 0.05) is 19.8 Å². The van der Waals surface area contributed by atoms with Crippen LogP contribution in [0.1, 0.15) is 0 Å². The van der Waals surface area contributed by atoms with Gasteiger partial charge < -0.3 is 0 Å². The Hall–Kier alpha value is -1.15. The van der Waals surface area contributed by atoms with Gasteiger partial charge in [0.2, 0.25) is 10.0 Å². The fourth-order valence-corrected chi connectivity index (χ4v) is 5.01. The second-order valence-corrected chi connectivity index (χ2v) is 10.1. The van der Waals surface area contributed by atoms with Crippen molar-refractivity contribution in [2.75, 3.05) is 12.5 Å². The first-order valence-electron chi connectivity index (χ1n) is 8.09. The quantitative estimate of drug-likeness (QED) is 0.437. The number of primary sulfonamides is 1. The van der Waals surface area contributed by atoms with Crippen LogP contribution in [0.2, 0.25) is 10.0 Å².